The van der Waals surface area contributed by atoms with Crippen molar-refractivity contribution in [3.63, 3.8) is 0 Å². The Balaban J connectivity index is 1.54. The molecule has 3 aromatic carbocycles. The lowest BCUT2D eigenvalue weighted by Crippen LogP contribution is -1.98. The summed E-state index contributed by atoms with van der Waals surface area (Å²) in [5, 5.41) is 10.8. The molecule has 1 aliphatic heterocycles. The third kappa shape index (κ3) is 3.97. The van der Waals surface area contributed by atoms with Crippen LogP contribution in [0.25, 0.3) is 6.08 Å². The summed E-state index contributed by atoms with van der Waals surface area (Å²) in [4.78, 5) is 23.0. The number of carbonyl (C=O) groups is 1. The van der Waals surface area contributed by atoms with Crippen molar-refractivity contribution in [3.8, 4) is 11.5 Å². The molecule has 0 fully saturated rings. The summed E-state index contributed by atoms with van der Waals surface area (Å²) in [6, 6.07) is 17.2. The Hall–Kier alpha value is -3.45. The second kappa shape index (κ2) is 8.12. The average Bonchev–Trinajstić information content (AvgIpc) is 3.05. The fourth-order valence-electron chi connectivity index (χ4n) is 3.11. The van der Waals surface area contributed by atoms with Crippen molar-refractivity contribution in [3.05, 3.63) is 103 Å². The van der Waals surface area contributed by atoms with Gasteiger partial charge in [0, 0.05) is 22.2 Å². The zero-order valence-corrected chi connectivity index (χ0v) is 17.5. The summed E-state index contributed by atoms with van der Waals surface area (Å²) < 4.78 is 12.8. The van der Waals surface area contributed by atoms with Crippen molar-refractivity contribution in [2.45, 2.75) is 13.5 Å². The number of hydrogen-bond acceptors (Lipinski definition) is 5. The van der Waals surface area contributed by atoms with Crippen molar-refractivity contribution in [2.24, 2.45) is 0 Å². The molecule has 0 bridgehead atoms. The van der Waals surface area contributed by atoms with E-state index in [2.05, 4.69) is 15.9 Å². The summed E-state index contributed by atoms with van der Waals surface area (Å²) in [7, 11) is 0. The third-order valence-corrected chi connectivity index (χ3v) is 5.27. The van der Waals surface area contributed by atoms with Crippen LogP contribution >= 0.6 is 15.9 Å². The molecular formula is C23H16BrNO5. The highest BCUT2D eigenvalue weighted by Crippen LogP contribution is 2.39. The first-order valence-electron chi connectivity index (χ1n) is 9.12. The van der Waals surface area contributed by atoms with Gasteiger partial charge in [-0.25, -0.2) is 0 Å². The summed E-state index contributed by atoms with van der Waals surface area (Å²) in [5.41, 5.74) is 2.86. The zero-order valence-electron chi connectivity index (χ0n) is 15.9. The lowest BCUT2D eigenvalue weighted by atomic mass is 10.1. The van der Waals surface area contributed by atoms with Crippen LogP contribution in [0.3, 0.4) is 0 Å². The van der Waals surface area contributed by atoms with E-state index < -0.39 is 4.92 Å². The van der Waals surface area contributed by atoms with E-state index in [1.807, 2.05) is 31.2 Å². The first-order chi connectivity index (χ1) is 14.4. The van der Waals surface area contributed by atoms with Crippen LogP contribution in [0.4, 0.5) is 5.69 Å². The topological polar surface area (TPSA) is 78.7 Å². The predicted octanol–water partition coefficient (Wildman–Crippen LogP) is 5.86. The van der Waals surface area contributed by atoms with E-state index in [9.17, 15) is 14.9 Å². The Bertz CT molecular complexity index is 1170. The number of halogens is 1. The lowest BCUT2D eigenvalue weighted by Gasteiger charge is -2.11. The molecule has 1 aliphatic rings. The first kappa shape index (κ1) is 19.8. The Kier molecular flexibility index (Phi) is 5.37. The van der Waals surface area contributed by atoms with Crippen LogP contribution in [0, 0.1) is 17.0 Å². The van der Waals surface area contributed by atoms with Gasteiger partial charge in [-0.05, 0) is 60.5 Å². The highest BCUT2D eigenvalue weighted by molar-refractivity contribution is 9.10. The van der Waals surface area contributed by atoms with E-state index >= 15 is 0 Å². The maximum absolute atomic E-state index is 12.7. The number of Topliss-reactive ketones (excluding diaryl/α,β-unsaturated/α-hetero) is 1. The molecule has 0 radical (unpaired) electrons. The van der Waals surface area contributed by atoms with Crippen LogP contribution in [0.15, 0.2) is 70.9 Å². The fraction of sp³-hybridized carbons (Fsp3) is 0.0870. The molecule has 4 rings (SSSR count). The molecule has 0 saturated heterocycles. The van der Waals surface area contributed by atoms with Gasteiger partial charge in [0.2, 0.25) is 5.78 Å². The molecule has 0 amide bonds. The molecular weight excluding hydrogens is 450 g/mol. The van der Waals surface area contributed by atoms with Gasteiger partial charge in [-0.3, -0.25) is 14.9 Å². The molecule has 3 aromatic rings. The number of fused-ring (bicyclic) bond motifs is 1. The number of benzene rings is 3. The Morgan fingerprint density at radius 3 is 2.43 bits per heavy atom. The van der Waals surface area contributed by atoms with E-state index in [4.69, 9.17) is 9.47 Å². The van der Waals surface area contributed by atoms with Crippen LogP contribution in [0.5, 0.6) is 11.5 Å². The van der Waals surface area contributed by atoms with E-state index in [1.54, 1.807) is 30.3 Å². The average molecular weight is 466 g/mol. The molecule has 6 nitrogen and oxygen atoms in total. The third-order valence-electron chi connectivity index (χ3n) is 4.75. The monoisotopic (exact) mass is 465 g/mol. The maximum atomic E-state index is 12.7. The number of nitrogens with zero attached hydrogens (tertiary/aromatic N) is 1. The number of non-ortho nitro benzene ring substituents is 1. The smallest absolute Gasteiger partial charge is 0.269 e. The van der Waals surface area contributed by atoms with Gasteiger partial charge in [0.25, 0.3) is 5.69 Å². The molecule has 0 aromatic heterocycles. The summed E-state index contributed by atoms with van der Waals surface area (Å²) in [6.45, 7) is 2.24. The lowest BCUT2D eigenvalue weighted by molar-refractivity contribution is -0.384. The summed E-state index contributed by atoms with van der Waals surface area (Å²) in [6.07, 6.45) is 1.58. The quantitative estimate of drug-likeness (QED) is 0.267. The first-order valence-corrected chi connectivity index (χ1v) is 9.91. The number of rotatable bonds is 5. The molecule has 0 unspecified atom stereocenters. The molecule has 7 heteroatoms. The van der Waals surface area contributed by atoms with Gasteiger partial charge in [0.15, 0.2) is 5.76 Å². The molecule has 0 atom stereocenters. The molecule has 150 valence electrons. The van der Waals surface area contributed by atoms with E-state index in [0.29, 0.717) is 29.2 Å². The van der Waals surface area contributed by atoms with Crippen molar-refractivity contribution in [2.75, 3.05) is 0 Å². The second-order valence-corrected chi connectivity index (χ2v) is 7.68. The second-order valence-electron chi connectivity index (χ2n) is 6.77. The Labute approximate surface area is 181 Å². The minimum absolute atomic E-state index is 0.0116. The van der Waals surface area contributed by atoms with Gasteiger partial charge < -0.3 is 9.47 Å². The maximum Gasteiger partial charge on any atom is 0.269 e. The normalized spacial score (nSPS) is 13.8. The van der Waals surface area contributed by atoms with Crippen LogP contribution < -0.4 is 9.47 Å². The largest absolute Gasteiger partial charge is 0.488 e. The molecule has 1 heterocycles. The number of nitro groups is 1. The van der Waals surface area contributed by atoms with Crippen LogP contribution in [0.1, 0.15) is 27.0 Å². The van der Waals surface area contributed by atoms with Crippen LogP contribution in [-0.2, 0) is 6.61 Å². The molecule has 0 saturated carbocycles. The van der Waals surface area contributed by atoms with Crippen molar-refractivity contribution >= 4 is 33.5 Å². The van der Waals surface area contributed by atoms with Gasteiger partial charge in [-0.15, -0.1) is 0 Å². The molecule has 0 spiro atoms. The predicted molar refractivity (Wildman–Crippen MR) is 116 cm³/mol. The number of allylic oxidation sites excluding steroid dienone is 1. The Morgan fingerprint density at radius 2 is 1.77 bits per heavy atom. The number of carbonyl (C=O) groups excluding carboxylic acids is 1. The SMILES string of the molecule is Cc1c(OCc2ccc(Br)cc2)ccc2c1O/C(=C\c1ccc([N+](=O)[O-])cc1)C2=O. The van der Waals surface area contributed by atoms with Crippen LogP contribution in [-0.4, -0.2) is 10.7 Å². The zero-order chi connectivity index (χ0) is 21.3. The standard InChI is InChI=1S/C23H16BrNO5/c1-14-20(29-13-16-2-6-17(24)7-3-16)11-10-19-22(26)21(30-23(14)19)12-15-4-8-18(9-5-15)25(27)28/h2-12H,13H2,1H3/b21-12-. The van der Waals surface area contributed by atoms with Gasteiger partial charge in [-0.1, -0.05) is 28.1 Å². The van der Waals surface area contributed by atoms with Crippen molar-refractivity contribution in [1.82, 2.24) is 0 Å². The molecule has 30 heavy (non-hydrogen) atoms. The van der Waals surface area contributed by atoms with Crippen LogP contribution in [0.2, 0.25) is 0 Å². The van der Waals surface area contributed by atoms with Gasteiger partial charge in [0.05, 0.1) is 10.5 Å². The number of ketones is 1. The van der Waals surface area contributed by atoms with E-state index in [-0.39, 0.29) is 17.2 Å². The fourth-order valence-corrected chi connectivity index (χ4v) is 3.37. The van der Waals surface area contributed by atoms with Gasteiger partial charge in [0.1, 0.15) is 18.1 Å². The highest BCUT2D eigenvalue weighted by Gasteiger charge is 2.30. The summed E-state index contributed by atoms with van der Waals surface area (Å²) >= 11 is 3.41. The molecule has 0 N–H and O–H groups in total. The minimum atomic E-state index is -0.469. The summed E-state index contributed by atoms with van der Waals surface area (Å²) in [5.74, 6) is 1.06. The number of hydrogen-bond donors (Lipinski definition) is 0. The van der Waals surface area contributed by atoms with E-state index in [0.717, 1.165) is 15.6 Å². The van der Waals surface area contributed by atoms with E-state index in [1.165, 1.54) is 12.1 Å². The highest BCUT2D eigenvalue weighted by atomic mass is 79.9. The van der Waals surface area contributed by atoms with Crippen molar-refractivity contribution < 1.29 is 19.2 Å². The Morgan fingerprint density at radius 1 is 1.07 bits per heavy atom. The molecule has 0 aliphatic carbocycles. The van der Waals surface area contributed by atoms with Crippen molar-refractivity contribution in [1.29, 1.82) is 0 Å². The van der Waals surface area contributed by atoms with Gasteiger partial charge >= 0.3 is 0 Å². The van der Waals surface area contributed by atoms with Gasteiger partial charge in [-0.2, -0.15) is 0 Å². The number of ether oxygens (including phenoxy) is 2. The minimum Gasteiger partial charge on any atom is -0.488 e. The number of nitro benzene ring substituents is 1.